The van der Waals surface area contributed by atoms with Crippen molar-refractivity contribution in [3.63, 3.8) is 0 Å². The van der Waals surface area contributed by atoms with E-state index in [0.717, 1.165) is 62.3 Å². The lowest BCUT2D eigenvalue weighted by Gasteiger charge is -2.12. The zero-order valence-electron chi connectivity index (χ0n) is 14.3. The van der Waals surface area contributed by atoms with Crippen molar-refractivity contribution in [3.05, 3.63) is 35.8 Å². The highest BCUT2D eigenvalue weighted by Crippen LogP contribution is 2.14. The maximum absolute atomic E-state index is 5.32. The van der Waals surface area contributed by atoms with Gasteiger partial charge < -0.3 is 19.6 Å². The number of nitrogens with one attached hydrogen (secondary N) is 2. The second-order valence-electron chi connectivity index (χ2n) is 6.00. The van der Waals surface area contributed by atoms with Crippen LogP contribution in [0, 0.1) is 0 Å². The third-order valence-electron chi connectivity index (χ3n) is 4.29. The van der Waals surface area contributed by atoms with Crippen molar-refractivity contribution < 1.29 is 4.42 Å². The monoisotopic (exact) mass is 330 g/mol. The van der Waals surface area contributed by atoms with E-state index in [0.29, 0.717) is 0 Å². The van der Waals surface area contributed by atoms with E-state index in [-0.39, 0.29) is 0 Å². The van der Waals surface area contributed by atoms with Gasteiger partial charge in [0.1, 0.15) is 17.4 Å². The first-order valence-corrected chi connectivity index (χ1v) is 8.74. The quantitative estimate of drug-likeness (QED) is 0.620. The zero-order chi connectivity index (χ0) is 16.6. The van der Waals surface area contributed by atoms with Crippen LogP contribution in [0.1, 0.15) is 36.7 Å². The third-order valence-corrected chi connectivity index (χ3v) is 4.29. The Morgan fingerprint density at radius 3 is 2.88 bits per heavy atom. The number of aliphatic imine (C=N–C) groups is 1. The summed E-state index contributed by atoms with van der Waals surface area (Å²) in [6.45, 7) is 2.62. The highest BCUT2D eigenvalue weighted by atomic mass is 16.3. The van der Waals surface area contributed by atoms with Gasteiger partial charge in [0.05, 0.1) is 6.26 Å². The summed E-state index contributed by atoms with van der Waals surface area (Å²) >= 11 is 0. The number of nitrogens with zero attached hydrogens (tertiary/aromatic N) is 4. The molecule has 3 rings (SSSR count). The average Bonchev–Trinajstić information content (AvgIpc) is 3.18. The van der Waals surface area contributed by atoms with Gasteiger partial charge in [-0.25, -0.2) is 0 Å². The van der Waals surface area contributed by atoms with E-state index in [1.165, 1.54) is 19.3 Å². The van der Waals surface area contributed by atoms with Crippen LogP contribution in [0.15, 0.2) is 27.8 Å². The molecule has 2 N–H and O–H groups in total. The minimum atomic E-state index is 0.785. The number of hydrogen-bond donors (Lipinski definition) is 2. The van der Waals surface area contributed by atoms with Crippen LogP contribution in [0.2, 0.25) is 0 Å². The molecule has 0 aromatic carbocycles. The van der Waals surface area contributed by atoms with Crippen molar-refractivity contribution in [1.82, 2.24) is 25.4 Å². The van der Waals surface area contributed by atoms with Crippen LogP contribution >= 0.6 is 0 Å². The van der Waals surface area contributed by atoms with Crippen LogP contribution in [0.5, 0.6) is 0 Å². The molecule has 1 aliphatic rings. The first kappa shape index (κ1) is 16.5. The number of fused-ring (bicyclic) bond motifs is 1. The number of aromatic nitrogens is 3. The molecule has 0 fully saturated rings. The number of guanidine groups is 1. The Kier molecular flexibility index (Phi) is 5.87. The highest BCUT2D eigenvalue weighted by Gasteiger charge is 2.14. The van der Waals surface area contributed by atoms with Gasteiger partial charge in [-0.3, -0.25) is 4.99 Å². The normalized spacial score (nSPS) is 15.0. The van der Waals surface area contributed by atoms with Crippen molar-refractivity contribution in [3.8, 4) is 0 Å². The van der Waals surface area contributed by atoms with E-state index < -0.39 is 0 Å². The average molecular weight is 330 g/mol. The lowest BCUT2D eigenvalue weighted by Crippen LogP contribution is -2.39. The van der Waals surface area contributed by atoms with E-state index in [1.807, 2.05) is 12.1 Å². The summed E-state index contributed by atoms with van der Waals surface area (Å²) in [5, 5.41) is 15.3. The van der Waals surface area contributed by atoms with Crippen molar-refractivity contribution in [2.75, 3.05) is 20.1 Å². The minimum absolute atomic E-state index is 0.785. The Bertz CT molecular complexity index is 646. The maximum atomic E-state index is 5.32. The van der Waals surface area contributed by atoms with Gasteiger partial charge >= 0.3 is 0 Å². The summed E-state index contributed by atoms with van der Waals surface area (Å²) in [5.41, 5.74) is 0. The van der Waals surface area contributed by atoms with E-state index in [2.05, 4.69) is 30.4 Å². The zero-order valence-corrected chi connectivity index (χ0v) is 14.3. The fourth-order valence-corrected chi connectivity index (χ4v) is 3.00. The van der Waals surface area contributed by atoms with Gasteiger partial charge in [-0.15, -0.1) is 10.2 Å². The molecule has 0 saturated carbocycles. The molecule has 3 heterocycles. The molecular formula is C17H26N6O. The van der Waals surface area contributed by atoms with Gasteiger partial charge in [0.25, 0.3) is 0 Å². The molecule has 0 saturated heterocycles. The van der Waals surface area contributed by atoms with Crippen LogP contribution in [-0.2, 0) is 25.8 Å². The number of hydrogen-bond acceptors (Lipinski definition) is 4. The van der Waals surface area contributed by atoms with E-state index in [4.69, 9.17) is 4.42 Å². The largest absolute Gasteiger partial charge is 0.469 e. The van der Waals surface area contributed by atoms with E-state index in [9.17, 15) is 0 Å². The summed E-state index contributed by atoms with van der Waals surface area (Å²) in [6, 6.07) is 3.89. The number of aryl methyl sites for hydroxylation is 1. The van der Waals surface area contributed by atoms with Gasteiger partial charge in [0.2, 0.25) is 0 Å². The summed E-state index contributed by atoms with van der Waals surface area (Å²) in [5.74, 6) is 4.00. The SMILES string of the molecule is CN=C(NCCc1ccco1)NCCc1nnc2n1CCCCC2. The second-order valence-corrected chi connectivity index (χ2v) is 6.00. The summed E-state index contributed by atoms with van der Waals surface area (Å²) < 4.78 is 7.62. The van der Waals surface area contributed by atoms with Crippen molar-refractivity contribution in [2.45, 2.75) is 45.1 Å². The maximum Gasteiger partial charge on any atom is 0.191 e. The van der Waals surface area contributed by atoms with Gasteiger partial charge in [-0.05, 0) is 25.0 Å². The Hall–Kier alpha value is -2.31. The van der Waals surface area contributed by atoms with Crippen LogP contribution in [-0.4, -0.2) is 40.9 Å². The molecule has 0 atom stereocenters. The van der Waals surface area contributed by atoms with Gasteiger partial charge in [-0.2, -0.15) is 0 Å². The standard InChI is InChI=1S/C17H26N6O/c1-18-17(19-10-8-14-6-5-13-24-14)20-11-9-16-22-21-15-7-3-2-4-12-23(15)16/h5-6,13H,2-4,7-12H2,1H3,(H2,18,19,20). The topological polar surface area (TPSA) is 80.3 Å². The summed E-state index contributed by atoms with van der Waals surface area (Å²) in [4.78, 5) is 4.25. The first-order valence-electron chi connectivity index (χ1n) is 8.74. The lowest BCUT2D eigenvalue weighted by molar-refractivity contribution is 0.506. The number of rotatable bonds is 6. The van der Waals surface area contributed by atoms with Gasteiger partial charge in [0.15, 0.2) is 5.96 Å². The smallest absolute Gasteiger partial charge is 0.191 e. The molecule has 2 aromatic rings. The third kappa shape index (κ3) is 4.37. The van der Waals surface area contributed by atoms with E-state index in [1.54, 1.807) is 13.3 Å². The Labute approximate surface area is 142 Å². The molecular weight excluding hydrogens is 304 g/mol. The molecule has 0 radical (unpaired) electrons. The Balaban J connectivity index is 1.42. The van der Waals surface area contributed by atoms with Crippen LogP contribution in [0.25, 0.3) is 0 Å². The summed E-state index contributed by atoms with van der Waals surface area (Å²) in [6.07, 6.45) is 8.18. The predicted molar refractivity (Wildman–Crippen MR) is 93.1 cm³/mol. The fraction of sp³-hybridized carbons (Fsp3) is 0.588. The van der Waals surface area contributed by atoms with Crippen LogP contribution in [0.3, 0.4) is 0 Å². The lowest BCUT2D eigenvalue weighted by atomic mass is 10.2. The summed E-state index contributed by atoms with van der Waals surface area (Å²) in [7, 11) is 1.78. The molecule has 0 unspecified atom stereocenters. The molecule has 7 nitrogen and oxygen atoms in total. The first-order chi connectivity index (χ1) is 11.9. The second kappa shape index (κ2) is 8.52. The van der Waals surface area contributed by atoms with Crippen molar-refractivity contribution >= 4 is 5.96 Å². The molecule has 0 bridgehead atoms. The molecule has 0 aliphatic carbocycles. The molecule has 0 amide bonds. The fourth-order valence-electron chi connectivity index (χ4n) is 3.00. The van der Waals surface area contributed by atoms with Crippen LogP contribution < -0.4 is 10.6 Å². The minimum Gasteiger partial charge on any atom is -0.469 e. The van der Waals surface area contributed by atoms with Gasteiger partial charge in [-0.1, -0.05) is 6.42 Å². The van der Waals surface area contributed by atoms with Crippen LogP contribution in [0.4, 0.5) is 0 Å². The molecule has 0 spiro atoms. The molecule has 24 heavy (non-hydrogen) atoms. The van der Waals surface area contributed by atoms with Gasteiger partial charge in [0, 0.05) is 45.9 Å². The molecule has 7 heteroatoms. The van der Waals surface area contributed by atoms with Crippen molar-refractivity contribution in [1.29, 1.82) is 0 Å². The molecule has 1 aliphatic heterocycles. The highest BCUT2D eigenvalue weighted by molar-refractivity contribution is 5.79. The Morgan fingerprint density at radius 2 is 2.08 bits per heavy atom. The Morgan fingerprint density at radius 1 is 1.21 bits per heavy atom. The molecule has 130 valence electrons. The molecule has 2 aromatic heterocycles. The van der Waals surface area contributed by atoms with Crippen molar-refractivity contribution in [2.24, 2.45) is 4.99 Å². The number of furan rings is 1. The predicted octanol–water partition coefficient (Wildman–Crippen LogP) is 1.55. The van der Waals surface area contributed by atoms with E-state index >= 15 is 0 Å².